The Bertz CT molecular complexity index is 384. The first-order valence-corrected chi connectivity index (χ1v) is 3.33. The molecule has 0 unspecified atom stereocenters. The van der Waals surface area contributed by atoms with Crippen molar-refractivity contribution in [3.8, 4) is 0 Å². The molecule has 11 heavy (non-hydrogen) atoms. The fourth-order valence-corrected chi connectivity index (χ4v) is 0.945. The number of fused-ring (bicyclic) bond motifs is 1. The zero-order valence-electron chi connectivity index (χ0n) is 5.40. The summed E-state index contributed by atoms with van der Waals surface area (Å²) in [6.07, 6.45) is 4.56. The average Bonchev–Trinajstić information content (AvgIpc) is 2.06. The zero-order chi connectivity index (χ0) is 7.68. The average molecular weight is 167 g/mol. The maximum atomic E-state index is 5.75. The second kappa shape index (κ2) is 2.39. The van der Waals surface area contributed by atoms with Gasteiger partial charge in [0.25, 0.3) is 0 Å². The van der Waals surface area contributed by atoms with Crippen molar-refractivity contribution in [1.29, 1.82) is 0 Å². The molecule has 0 saturated heterocycles. The first kappa shape index (κ1) is 6.42. The summed E-state index contributed by atoms with van der Waals surface area (Å²) in [5.41, 5.74) is 1.06. The molecule has 2 aromatic heterocycles. The highest BCUT2D eigenvalue weighted by Gasteiger charge is 1.99. The van der Waals surface area contributed by atoms with Gasteiger partial charge in [-0.05, 0) is 0 Å². The third kappa shape index (κ3) is 1.01. The minimum absolute atomic E-state index is 0.472. The lowest BCUT2D eigenvalue weighted by Gasteiger charge is -1.93. The molecule has 4 nitrogen and oxygen atoms in total. The zero-order valence-corrected chi connectivity index (χ0v) is 6.15. The molecule has 54 valence electrons. The minimum atomic E-state index is 0.472. The molecule has 0 bridgehead atoms. The molecular weight excluding hydrogens is 164 g/mol. The highest BCUT2D eigenvalue weighted by molar-refractivity contribution is 6.34. The van der Waals surface area contributed by atoms with Crippen molar-refractivity contribution in [2.75, 3.05) is 0 Å². The van der Waals surface area contributed by atoms with Gasteiger partial charge >= 0.3 is 0 Å². The summed E-state index contributed by atoms with van der Waals surface area (Å²) in [5.74, 6) is 0. The highest BCUT2D eigenvalue weighted by atomic mass is 35.5. The molecule has 2 rings (SSSR count). The number of aromatic nitrogens is 4. The van der Waals surface area contributed by atoms with Crippen LogP contribution in [0.4, 0.5) is 0 Å². The lowest BCUT2D eigenvalue weighted by Crippen LogP contribution is -1.88. The summed E-state index contributed by atoms with van der Waals surface area (Å²) in [5, 5.41) is 7.84. The molecule has 5 heteroatoms. The Labute approximate surface area is 67.3 Å². The second-order valence-electron chi connectivity index (χ2n) is 1.92. The van der Waals surface area contributed by atoms with E-state index in [1.54, 1.807) is 12.4 Å². The van der Waals surface area contributed by atoms with Crippen LogP contribution in [0.2, 0.25) is 5.02 Å². The van der Waals surface area contributed by atoms with Crippen molar-refractivity contribution in [3.05, 3.63) is 23.6 Å². The fraction of sp³-hybridized carbons (Fsp3) is 0. The van der Waals surface area contributed by atoms with E-state index < -0.39 is 0 Å². The molecule has 0 aliphatic heterocycles. The molecule has 2 aromatic rings. The lowest BCUT2D eigenvalue weighted by molar-refractivity contribution is 1.04. The van der Waals surface area contributed by atoms with Crippen LogP contribution in [0.5, 0.6) is 0 Å². The van der Waals surface area contributed by atoms with Crippen LogP contribution in [0.3, 0.4) is 0 Å². The SMILES string of the molecule is Clc1cnnc2nccnc12. The van der Waals surface area contributed by atoms with E-state index in [1.807, 2.05) is 0 Å². The van der Waals surface area contributed by atoms with E-state index in [2.05, 4.69) is 20.2 Å². The first-order chi connectivity index (χ1) is 5.38. The van der Waals surface area contributed by atoms with Crippen molar-refractivity contribution in [2.24, 2.45) is 0 Å². The largest absolute Gasteiger partial charge is 0.250 e. The highest BCUT2D eigenvalue weighted by Crippen LogP contribution is 2.14. The van der Waals surface area contributed by atoms with Crippen LogP contribution in [0.1, 0.15) is 0 Å². The third-order valence-corrected chi connectivity index (χ3v) is 1.51. The van der Waals surface area contributed by atoms with Crippen molar-refractivity contribution in [2.45, 2.75) is 0 Å². The summed E-state index contributed by atoms with van der Waals surface area (Å²) in [7, 11) is 0. The maximum absolute atomic E-state index is 5.75. The van der Waals surface area contributed by atoms with Crippen LogP contribution in [0.15, 0.2) is 18.6 Å². The normalized spacial score (nSPS) is 10.3. The molecule has 0 amide bonds. The topological polar surface area (TPSA) is 51.6 Å². The Hall–Kier alpha value is -1.29. The smallest absolute Gasteiger partial charge is 0.201 e. The molecule has 2 heterocycles. The molecule has 0 radical (unpaired) electrons. The van der Waals surface area contributed by atoms with E-state index >= 15 is 0 Å². The standard InChI is InChI=1S/C6H3ClN4/c7-4-3-10-11-6-5(4)8-1-2-9-6/h1-3H. The molecule has 0 aliphatic carbocycles. The monoisotopic (exact) mass is 166 g/mol. The van der Waals surface area contributed by atoms with E-state index in [-0.39, 0.29) is 0 Å². The van der Waals surface area contributed by atoms with Crippen LogP contribution in [0, 0.1) is 0 Å². The van der Waals surface area contributed by atoms with Gasteiger partial charge in [-0.1, -0.05) is 11.6 Å². The van der Waals surface area contributed by atoms with E-state index in [9.17, 15) is 0 Å². The molecule has 0 atom stereocenters. The quantitative estimate of drug-likeness (QED) is 0.588. The Morgan fingerprint density at radius 3 is 2.82 bits per heavy atom. The van der Waals surface area contributed by atoms with E-state index in [0.29, 0.717) is 16.2 Å². The number of halogens is 1. The first-order valence-electron chi connectivity index (χ1n) is 2.96. The van der Waals surface area contributed by atoms with Gasteiger partial charge in [-0.15, -0.1) is 5.10 Å². The van der Waals surface area contributed by atoms with E-state index in [0.717, 1.165) is 0 Å². The number of hydrogen-bond donors (Lipinski definition) is 0. The van der Waals surface area contributed by atoms with Gasteiger partial charge in [0.05, 0.1) is 11.2 Å². The van der Waals surface area contributed by atoms with Gasteiger partial charge in [0, 0.05) is 12.4 Å². The predicted octanol–water partition coefficient (Wildman–Crippen LogP) is 1.07. The summed E-state index contributed by atoms with van der Waals surface area (Å²) < 4.78 is 0. The third-order valence-electron chi connectivity index (χ3n) is 1.23. The fourth-order valence-electron chi connectivity index (χ4n) is 0.768. The molecule has 0 spiro atoms. The summed E-state index contributed by atoms with van der Waals surface area (Å²) in [4.78, 5) is 7.91. The Morgan fingerprint density at radius 2 is 2.00 bits per heavy atom. The van der Waals surface area contributed by atoms with Crippen molar-refractivity contribution in [1.82, 2.24) is 20.2 Å². The number of nitrogens with zero attached hydrogens (tertiary/aromatic N) is 4. The second-order valence-corrected chi connectivity index (χ2v) is 2.33. The molecule has 0 saturated carbocycles. The number of rotatable bonds is 0. The number of hydrogen-bond acceptors (Lipinski definition) is 4. The lowest BCUT2D eigenvalue weighted by atomic mass is 10.5. The van der Waals surface area contributed by atoms with Gasteiger partial charge in [-0.3, -0.25) is 0 Å². The molecule has 0 aromatic carbocycles. The van der Waals surface area contributed by atoms with Crippen molar-refractivity contribution >= 4 is 22.8 Å². The summed E-state index contributed by atoms with van der Waals surface area (Å²) in [6, 6.07) is 0. The van der Waals surface area contributed by atoms with Crippen LogP contribution in [-0.4, -0.2) is 20.2 Å². The minimum Gasteiger partial charge on any atom is -0.250 e. The molecular formula is C6H3ClN4. The van der Waals surface area contributed by atoms with Crippen LogP contribution in [0.25, 0.3) is 11.2 Å². The van der Waals surface area contributed by atoms with E-state index in [4.69, 9.17) is 11.6 Å². The van der Waals surface area contributed by atoms with Crippen molar-refractivity contribution in [3.63, 3.8) is 0 Å². The van der Waals surface area contributed by atoms with Gasteiger partial charge in [0.2, 0.25) is 5.65 Å². The van der Waals surface area contributed by atoms with Gasteiger partial charge in [-0.25, -0.2) is 9.97 Å². The Balaban J connectivity index is 2.91. The maximum Gasteiger partial charge on any atom is 0.201 e. The van der Waals surface area contributed by atoms with Gasteiger partial charge in [0.1, 0.15) is 5.52 Å². The van der Waals surface area contributed by atoms with Crippen LogP contribution in [-0.2, 0) is 0 Å². The molecule has 0 aliphatic rings. The predicted molar refractivity (Wildman–Crippen MR) is 40.1 cm³/mol. The molecule has 0 fully saturated rings. The summed E-state index contributed by atoms with van der Waals surface area (Å²) >= 11 is 5.75. The van der Waals surface area contributed by atoms with Gasteiger partial charge < -0.3 is 0 Å². The summed E-state index contributed by atoms with van der Waals surface area (Å²) in [6.45, 7) is 0. The van der Waals surface area contributed by atoms with E-state index in [1.165, 1.54) is 6.20 Å². The Morgan fingerprint density at radius 1 is 1.18 bits per heavy atom. The van der Waals surface area contributed by atoms with Gasteiger partial charge in [0.15, 0.2) is 0 Å². The van der Waals surface area contributed by atoms with Gasteiger partial charge in [-0.2, -0.15) is 5.10 Å². The van der Waals surface area contributed by atoms with Crippen LogP contribution >= 0.6 is 11.6 Å². The van der Waals surface area contributed by atoms with Crippen molar-refractivity contribution < 1.29 is 0 Å². The molecule has 0 N–H and O–H groups in total. The Kier molecular flexibility index (Phi) is 1.40. The van der Waals surface area contributed by atoms with Crippen LogP contribution < -0.4 is 0 Å².